The molecule has 1 aliphatic carbocycles. The van der Waals surface area contributed by atoms with Crippen LogP contribution in [0.1, 0.15) is 34.9 Å². The average molecular weight is 284 g/mol. The van der Waals surface area contributed by atoms with Gasteiger partial charge < -0.3 is 5.32 Å². The van der Waals surface area contributed by atoms with Gasteiger partial charge in [0.1, 0.15) is 0 Å². The molecule has 2 heterocycles. The van der Waals surface area contributed by atoms with Crippen molar-refractivity contribution in [1.29, 1.82) is 0 Å². The van der Waals surface area contributed by atoms with E-state index in [1.807, 2.05) is 0 Å². The molecule has 0 aliphatic heterocycles. The lowest BCUT2D eigenvalue weighted by Gasteiger charge is -2.23. The third kappa shape index (κ3) is 2.58. The second kappa shape index (κ2) is 5.11. The Bertz CT molecular complexity index is 489. The minimum Gasteiger partial charge on any atom is -0.306 e. The zero-order valence-electron chi connectivity index (χ0n) is 9.41. The summed E-state index contributed by atoms with van der Waals surface area (Å²) >= 11 is 9.61. The molecule has 1 N–H and O–H groups in total. The molecular formula is C13H14ClNS2. The SMILES string of the molecule is Clc1cc2c(s1)CCCC2NCc1ccsc1. The Morgan fingerprint density at radius 1 is 1.47 bits per heavy atom. The molecule has 0 radical (unpaired) electrons. The molecule has 2 aromatic rings. The number of aryl methyl sites for hydroxylation is 1. The van der Waals surface area contributed by atoms with Crippen molar-refractivity contribution >= 4 is 34.3 Å². The first kappa shape index (κ1) is 11.7. The number of hydrogen-bond acceptors (Lipinski definition) is 3. The summed E-state index contributed by atoms with van der Waals surface area (Å²) in [5.74, 6) is 0. The van der Waals surface area contributed by atoms with Gasteiger partial charge in [0.05, 0.1) is 4.34 Å². The van der Waals surface area contributed by atoms with Crippen molar-refractivity contribution in [3.05, 3.63) is 43.2 Å². The van der Waals surface area contributed by atoms with E-state index >= 15 is 0 Å². The van der Waals surface area contributed by atoms with Crippen LogP contribution in [-0.2, 0) is 13.0 Å². The van der Waals surface area contributed by atoms with E-state index in [9.17, 15) is 0 Å². The van der Waals surface area contributed by atoms with Crippen LogP contribution in [0.3, 0.4) is 0 Å². The van der Waals surface area contributed by atoms with Crippen LogP contribution in [0.5, 0.6) is 0 Å². The van der Waals surface area contributed by atoms with Gasteiger partial charge in [0.25, 0.3) is 0 Å². The molecule has 0 bridgehead atoms. The van der Waals surface area contributed by atoms with Gasteiger partial charge in [-0.2, -0.15) is 11.3 Å². The number of nitrogens with one attached hydrogen (secondary N) is 1. The maximum absolute atomic E-state index is 6.11. The first-order chi connectivity index (χ1) is 8.33. The van der Waals surface area contributed by atoms with Crippen molar-refractivity contribution in [3.8, 4) is 0 Å². The van der Waals surface area contributed by atoms with Gasteiger partial charge >= 0.3 is 0 Å². The zero-order valence-corrected chi connectivity index (χ0v) is 11.8. The maximum atomic E-state index is 6.11. The Balaban J connectivity index is 1.72. The van der Waals surface area contributed by atoms with Gasteiger partial charge in [-0.25, -0.2) is 0 Å². The fourth-order valence-corrected chi connectivity index (χ4v) is 4.42. The summed E-state index contributed by atoms with van der Waals surface area (Å²) < 4.78 is 0.930. The van der Waals surface area contributed by atoms with Crippen molar-refractivity contribution in [2.24, 2.45) is 0 Å². The van der Waals surface area contributed by atoms with Crippen LogP contribution in [0.4, 0.5) is 0 Å². The third-order valence-corrected chi connectivity index (χ3v) is 5.29. The third-order valence-electron chi connectivity index (χ3n) is 3.22. The van der Waals surface area contributed by atoms with E-state index in [4.69, 9.17) is 11.6 Å². The standard InChI is InChI=1S/C13H14ClNS2/c14-13-6-10-11(2-1-3-12(10)17-13)15-7-9-4-5-16-8-9/h4-6,8,11,15H,1-3,7H2. The number of rotatable bonds is 3. The van der Waals surface area contributed by atoms with Crippen LogP contribution >= 0.6 is 34.3 Å². The Morgan fingerprint density at radius 2 is 2.41 bits per heavy atom. The Kier molecular flexibility index (Phi) is 3.52. The average Bonchev–Trinajstić information content (AvgIpc) is 2.93. The monoisotopic (exact) mass is 283 g/mol. The van der Waals surface area contributed by atoms with Gasteiger partial charge in [-0.1, -0.05) is 11.6 Å². The first-order valence-electron chi connectivity index (χ1n) is 5.85. The second-order valence-electron chi connectivity index (χ2n) is 4.39. The largest absolute Gasteiger partial charge is 0.306 e. The fourth-order valence-electron chi connectivity index (χ4n) is 2.37. The topological polar surface area (TPSA) is 12.0 Å². The van der Waals surface area contributed by atoms with Gasteiger partial charge in [0, 0.05) is 17.5 Å². The van der Waals surface area contributed by atoms with Crippen molar-refractivity contribution in [2.75, 3.05) is 0 Å². The molecule has 0 amide bonds. The molecule has 1 unspecified atom stereocenters. The van der Waals surface area contributed by atoms with Crippen LogP contribution in [0, 0.1) is 0 Å². The molecule has 1 atom stereocenters. The molecule has 0 saturated heterocycles. The van der Waals surface area contributed by atoms with Crippen LogP contribution in [0.2, 0.25) is 4.34 Å². The molecule has 0 spiro atoms. The predicted molar refractivity (Wildman–Crippen MR) is 76.2 cm³/mol. The summed E-state index contributed by atoms with van der Waals surface area (Å²) in [5.41, 5.74) is 2.81. The molecule has 17 heavy (non-hydrogen) atoms. The van der Waals surface area contributed by atoms with Gasteiger partial charge in [-0.3, -0.25) is 0 Å². The normalized spacial score (nSPS) is 19.2. The highest BCUT2D eigenvalue weighted by molar-refractivity contribution is 7.16. The van der Waals surface area contributed by atoms with E-state index in [-0.39, 0.29) is 0 Å². The summed E-state index contributed by atoms with van der Waals surface area (Å²) in [6.45, 7) is 0.959. The minimum absolute atomic E-state index is 0.488. The Hall–Kier alpha value is -0.350. The van der Waals surface area contributed by atoms with Crippen molar-refractivity contribution in [1.82, 2.24) is 5.32 Å². The Morgan fingerprint density at radius 3 is 3.24 bits per heavy atom. The van der Waals surface area contributed by atoms with E-state index in [0.29, 0.717) is 6.04 Å². The molecule has 0 aromatic carbocycles. The zero-order chi connectivity index (χ0) is 11.7. The summed E-state index contributed by atoms with van der Waals surface area (Å²) in [6.07, 6.45) is 3.69. The summed E-state index contributed by atoms with van der Waals surface area (Å²) in [5, 5.41) is 7.98. The van der Waals surface area contributed by atoms with Crippen molar-refractivity contribution in [2.45, 2.75) is 31.8 Å². The van der Waals surface area contributed by atoms with Gasteiger partial charge in [0.2, 0.25) is 0 Å². The number of halogens is 1. The second-order valence-corrected chi connectivity index (χ2v) is 6.93. The molecular weight excluding hydrogens is 270 g/mol. The van der Waals surface area contributed by atoms with Gasteiger partial charge in [-0.15, -0.1) is 11.3 Å². The van der Waals surface area contributed by atoms with Crippen LogP contribution in [0.15, 0.2) is 22.9 Å². The first-order valence-corrected chi connectivity index (χ1v) is 7.99. The highest BCUT2D eigenvalue weighted by Crippen LogP contribution is 2.37. The Labute approximate surface area is 114 Å². The fraction of sp³-hybridized carbons (Fsp3) is 0.385. The maximum Gasteiger partial charge on any atom is 0.0934 e. The molecule has 90 valence electrons. The smallest absolute Gasteiger partial charge is 0.0934 e. The lowest BCUT2D eigenvalue weighted by atomic mass is 9.94. The summed E-state index contributed by atoms with van der Waals surface area (Å²) in [4.78, 5) is 1.48. The van der Waals surface area contributed by atoms with Crippen molar-refractivity contribution < 1.29 is 0 Å². The molecule has 4 heteroatoms. The lowest BCUT2D eigenvalue weighted by molar-refractivity contribution is 0.463. The predicted octanol–water partition coefficient (Wildman–Crippen LogP) is 4.63. The quantitative estimate of drug-likeness (QED) is 0.866. The summed E-state index contributed by atoms with van der Waals surface area (Å²) in [7, 11) is 0. The summed E-state index contributed by atoms with van der Waals surface area (Å²) in [6, 6.07) is 4.82. The lowest BCUT2D eigenvalue weighted by Crippen LogP contribution is -2.23. The highest BCUT2D eigenvalue weighted by Gasteiger charge is 2.22. The number of thiophene rings is 2. The van der Waals surface area contributed by atoms with Crippen LogP contribution in [-0.4, -0.2) is 0 Å². The van der Waals surface area contributed by atoms with Crippen molar-refractivity contribution in [3.63, 3.8) is 0 Å². The minimum atomic E-state index is 0.488. The molecule has 1 nitrogen and oxygen atoms in total. The van der Waals surface area contributed by atoms with Crippen LogP contribution < -0.4 is 5.32 Å². The molecule has 0 fully saturated rings. The molecule has 1 aliphatic rings. The molecule has 2 aromatic heterocycles. The van der Waals surface area contributed by atoms with E-state index in [2.05, 4.69) is 28.2 Å². The van der Waals surface area contributed by atoms with E-state index in [1.54, 1.807) is 22.7 Å². The molecule has 0 saturated carbocycles. The highest BCUT2D eigenvalue weighted by atomic mass is 35.5. The van der Waals surface area contributed by atoms with E-state index < -0.39 is 0 Å². The number of hydrogen-bond donors (Lipinski definition) is 1. The number of fused-ring (bicyclic) bond motifs is 1. The van der Waals surface area contributed by atoms with E-state index in [1.165, 1.54) is 35.3 Å². The van der Waals surface area contributed by atoms with E-state index in [0.717, 1.165) is 10.9 Å². The van der Waals surface area contributed by atoms with Gasteiger partial charge in [-0.05, 0) is 53.3 Å². The molecule has 3 rings (SSSR count). The van der Waals surface area contributed by atoms with Crippen LogP contribution in [0.25, 0.3) is 0 Å². The van der Waals surface area contributed by atoms with Gasteiger partial charge in [0.15, 0.2) is 0 Å².